The molecule has 4 N–H and O–H groups in total. The van der Waals surface area contributed by atoms with Crippen molar-refractivity contribution in [3.05, 3.63) is 143 Å². The number of hydrogen-bond acceptors (Lipinski definition) is 4. The van der Waals surface area contributed by atoms with E-state index >= 15 is 0 Å². The van der Waals surface area contributed by atoms with E-state index in [9.17, 15) is 26.3 Å². The van der Waals surface area contributed by atoms with Gasteiger partial charge in [0, 0.05) is 11.4 Å². The summed E-state index contributed by atoms with van der Waals surface area (Å²) >= 11 is 0. The van der Waals surface area contributed by atoms with E-state index in [0.29, 0.717) is 12.8 Å². The van der Waals surface area contributed by atoms with Crippen molar-refractivity contribution >= 4 is 11.4 Å². The average molecular weight is 609 g/mol. The molecule has 0 saturated carbocycles. The summed E-state index contributed by atoms with van der Waals surface area (Å²) in [4.78, 5) is 0. The van der Waals surface area contributed by atoms with Crippen LogP contribution in [0.25, 0.3) is 0 Å². The first-order chi connectivity index (χ1) is 20.8. The van der Waals surface area contributed by atoms with E-state index in [1.165, 1.54) is 24.3 Å². The molecular formula is C34H26F6N2O2. The van der Waals surface area contributed by atoms with Crippen LogP contribution >= 0.6 is 0 Å². The van der Waals surface area contributed by atoms with Crippen molar-refractivity contribution in [2.75, 3.05) is 11.5 Å². The number of nitrogens with two attached hydrogens (primary N) is 2. The molecule has 0 spiro atoms. The Kier molecular flexibility index (Phi) is 8.44. The van der Waals surface area contributed by atoms with Crippen molar-refractivity contribution in [3.63, 3.8) is 0 Å². The summed E-state index contributed by atoms with van der Waals surface area (Å²) in [6.07, 6.45) is -8.05. The van der Waals surface area contributed by atoms with Crippen LogP contribution in [0.15, 0.2) is 109 Å². The molecule has 5 aromatic carbocycles. The van der Waals surface area contributed by atoms with Crippen LogP contribution < -0.4 is 20.9 Å². The molecule has 0 aromatic heterocycles. The largest absolute Gasteiger partial charge is 0.457 e. The van der Waals surface area contributed by atoms with E-state index in [1.807, 2.05) is 24.3 Å². The zero-order valence-electron chi connectivity index (χ0n) is 23.0. The van der Waals surface area contributed by atoms with Gasteiger partial charge in [0.05, 0.1) is 0 Å². The van der Waals surface area contributed by atoms with Gasteiger partial charge in [-0.1, -0.05) is 48.5 Å². The maximum absolute atomic E-state index is 13.4. The van der Waals surface area contributed by atoms with Crippen molar-refractivity contribution in [1.82, 2.24) is 0 Å². The Labute approximate surface area is 249 Å². The molecule has 0 aliphatic rings. The molecule has 0 saturated heterocycles. The highest BCUT2D eigenvalue weighted by Crippen LogP contribution is 2.40. The molecule has 0 unspecified atom stereocenters. The molecule has 0 aliphatic carbocycles. The third-order valence-corrected chi connectivity index (χ3v) is 6.73. The molecule has 0 bridgehead atoms. The molecular weight excluding hydrogens is 582 g/mol. The van der Waals surface area contributed by atoms with Crippen LogP contribution in [-0.2, 0) is 25.2 Å². The number of nitrogen functional groups attached to an aromatic ring is 2. The number of hydrogen-bond donors (Lipinski definition) is 2. The zero-order chi connectivity index (χ0) is 31.5. The van der Waals surface area contributed by atoms with E-state index in [0.717, 1.165) is 34.4 Å². The standard InChI is InChI=1S/C34H26F6N2O2/c35-33(36,37)29-19-25(41)8-14-31(29)43-27-10-4-21(5-11-27)16-23-2-1-3-24(18-23)17-22-6-12-28(13-7-22)44-32-15-9-26(42)20-30(32)34(38,39)40/h1-15,18-20H,16-17,41-42H2. The highest BCUT2D eigenvalue weighted by Gasteiger charge is 2.35. The molecule has 0 heterocycles. The Morgan fingerprint density at radius 2 is 0.841 bits per heavy atom. The summed E-state index contributed by atoms with van der Waals surface area (Å²) in [5.41, 5.74) is 13.1. The van der Waals surface area contributed by atoms with E-state index < -0.39 is 23.5 Å². The predicted molar refractivity (Wildman–Crippen MR) is 157 cm³/mol. The van der Waals surface area contributed by atoms with Crippen LogP contribution in [0.2, 0.25) is 0 Å². The van der Waals surface area contributed by atoms with Gasteiger partial charge in [-0.3, -0.25) is 0 Å². The summed E-state index contributed by atoms with van der Waals surface area (Å²) < 4.78 is 91.3. The number of anilines is 2. The van der Waals surface area contributed by atoms with E-state index in [-0.39, 0.29) is 34.4 Å². The smallest absolute Gasteiger partial charge is 0.420 e. The SMILES string of the molecule is Nc1ccc(Oc2ccc(Cc3cccc(Cc4ccc(Oc5ccc(N)cc5C(F)(F)F)cc4)c3)cc2)c(C(F)(F)F)c1. The molecule has 0 atom stereocenters. The quantitative estimate of drug-likeness (QED) is 0.136. The summed E-state index contributed by atoms with van der Waals surface area (Å²) in [5, 5.41) is 0. The fourth-order valence-electron chi connectivity index (χ4n) is 4.64. The van der Waals surface area contributed by atoms with Crippen molar-refractivity contribution in [1.29, 1.82) is 0 Å². The minimum Gasteiger partial charge on any atom is -0.457 e. The van der Waals surface area contributed by atoms with E-state index in [4.69, 9.17) is 20.9 Å². The Balaban J connectivity index is 1.22. The van der Waals surface area contributed by atoms with Crippen molar-refractivity contribution < 1.29 is 35.8 Å². The van der Waals surface area contributed by atoms with Crippen LogP contribution in [-0.4, -0.2) is 0 Å². The number of halogens is 6. The summed E-state index contributed by atoms with van der Waals surface area (Å²) in [6, 6.07) is 28.3. The number of ether oxygens (including phenoxy) is 2. The van der Waals surface area contributed by atoms with Gasteiger partial charge in [0.2, 0.25) is 0 Å². The normalized spacial score (nSPS) is 11.8. The van der Waals surface area contributed by atoms with Gasteiger partial charge in [-0.25, -0.2) is 0 Å². The van der Waals surface area contributed by atoms with Gasteiger partial charge in [0.15, 0.2) is 0 Å². The van der Waals surface area contributed by atoms with E-state index in [2.05, 4.69) is 0 Å². The summed E-state index contributed by atoms with van der Waals surface area (Å²) in [5.74, 6) is -0.140. The second-order valence-corrected chi connectivity index (χ2v) is 10.2. The minimum atomic E-state index is -4.61. The second kappa shape index (κ2) is 12.2. The Morgan fingerprint density at radius 1 is 0.455 bits per heavy atom. The number of benzene rings is 5. The fourth-order valence-corrected chi connectivity index (χ4v) is 4.64. The topological polar surface area (TPSA) is 70.5 Å². The molecule has 0 aliphatic heterocycles. The van der Waals surface area contributed by atoms with Gasteiger partial charge in [-0.15, -0.1) is 0 Å². The third kappa shape index (κ3) is 7.63. The average Bonchev–Trinajstić information content (AvgIpc) is 2.96. The molecule has 10 heteroatoms. The molecule has 226 valence electrons. The van der Waals surface area contributed by atoms with Gasteiger partial charge in [0.1, 0.15) is 34.1 Å². The van der Waals surface area contributed by atoms with Crippen LogP contribution in [0.3, 0.4) is 0 Å². The van der Waals surface area contributed by atoms with Gasteiger partial charge in [0.25, 0.3) is 0 Å². The number of rotatable bonds is 8. The number of alkyl halides is 6. The molecule has 0 radical (unpaired) electrons. The van der Waals surface area contributed by atoms with Crippen molar-refractivity contribution in [2.45, 2.75) is 25.2 Å². The van der Waals surface area contributed by atoms with Crippen LogP contribution in [0.5, 0.6) is 23.0 Å². The minimum absolute atomic E-state index is 0.00870. The van der Waals surface area contributed by atoms with Crippen LogP contribution in [0.1, 0.15) is 33.4 Å². The highest BCUT2D eigenvalue weighted by molar-refractivity contribution is 5.52. The van der Waals surface area contributed by atoms with Gasteiger partial charge in [-0.2, -0.15) is 26.3 Å². The first-order valence-corrected chi connectivity index (χ1v) is 13.4. The summed E-state index contributed by atoms with van der Waals surface area (Å²) in [7, 11) is 0. The van der Waals surface area contributed by atoms with E-state index in [1.54, 1.807) is 48.5 Å². The Bertz CT molecular complexity index is 1620. The zero-order valence-corrected chi connectivity index (χ0v) is 23.0. The molecule has 4 nitrogen and oxygen atoms in total. The predicted octanol–water partition coefficient (Wildman–Crippen LogP) is 9.65. The lowest BCUT2D eigenvalue weighted by atomic mass is 9.99. The first-order valence-electron chi connectivity index (χ1n) is 13.4. The van der Waals surface area contributed by atoms with Gasteiger partial charge < -0.3 is 20.9 Å². The monoisotopic (exact) mass is 608 g/mol. The maximum Gasteiger partial charge on any atom is 0.420 e. The molecule has 5 rings (SSSR count). The van der Waals surface area contributed by atoms with Crippen LogP contribution in [0, 0.1) is 0 Å². The third-order valence-electron chi connectivity index (χ3n) is 6.73. The lowest BCUT2D eigenvalue weighted by Gasteiger charge is -2.15. The highest BCUT2D eigenvalue weighted by atomic mass is 19.4. The van der Waals surface area contributed by atoms with Crippen molar-refractivity contribution in [3.8, 4) is 23.0 Å². The lowest BCUT2D eigenvalue weighted by molar-refractivity contribution is -0.139. The molecule has 5 aromatic rings. The van der Waals surface area contributed by atoms with Gasteiger partial charge >= 0.3 is 12.4 Å². The molecule has 0 amide bonds. The maximum atomic E-state index is 13.4. The fraction of sp³-hybridized carbons (Fsp3) is 0.118. The Hall–Kier alpha value is -5.12. The lowest BCUT2D eigenvalue weighted by Crippen LogP contribution is -2.08. The molecule has 0 fully saturated rings. The first kappa shape index (κ1) is 30.3. The van der Waals surface area contributed by atoms with Gasteiger partial charge in [-0.05, 0) is 95.8 Å². The van der Waals surface area contributed by atoms with Crippen molar-refractivity contribution in [2.24, 2.45) is 0 Å². The second-order valence-electron chi connectivity index (χ2n) is 10.2. The molecule has 44 heavy (non-hydrogen) atoms. The summed E-state index contributed by atoms with van der Waals surface area (Å²) in [6.45, 7) is 0. The van der Waals surface area contributed by atoms with Crippen LogP contribution in [0.4, 0.5) is 37.7 Å². The Morgan fingerprint density at radius 3 is 1.20 bits per heavy atom.